The lowest BCUT2D eigenvalue weighted by molar-refractivity contribution is -0.0549. The normalized spacial score (nSPS) is 10.8. The molecule has 0 saturated heterocycles. The van der Waals surface area contributed by atoms with E-state index in [1.807, 2.05) is 0 Å². The molecular weight excluding hydrogens is 244 g/mol. The van der Waals surface area contributed by atoms with Gasteiger partial charge in [0.1, 0.15) is 17.2 Å². The van der Waals surface area contributed by atoms with Crippen molar-refractivity contribution >= 4 is 0 Å². The Morgan fingerprint density at radius 2 is 1.41 bits per heavy atom. The zero-order chi connectivity index (χ0) is 13.0. The summed E-state index contributed by atoms with van der Waals surface area (Å²) in [5.41, 5.74) is -0.202. The average Bonchev–Trinajstić information content (AvgIpc) is 2.22. The van der Waals surface area contributed by atoms with Gasteiger partial charge in [-0.25, -0.2) is 0 Å². The molecule has 0 bridgehead atoms. The van der Waals surface area contributed by atoms with Crippen LogP contribution < -0.4 is 14.2 Å². The van der Waals surface area contributed by atoms with Crippen molar-refractivity contribution in [3.05, 3.63) is 24.6 Å². The van der Waals surface area contributed by atoms with E-state index >= 15 is 0 Å². The molecule has 1 aromatic carbocycles. The third-order valence-corrected chi connectivity index (χ3v) is 1.81. The molecule has 95 valence electrons. The first-order valence-electron chi connectivity index (χ1n) is 4.37. The SMILES string of the molecule is [CH2]c1c(OC(F)F)cc(OC)cc1OC(F)F. The second-order valence-electron chi connectivity index (χ2n) is 2.86. The number of alkyl halides is 4. The molecule has 1 rings (SSSR count). The van der Waals surface area contributed by atoms with Crippen LogP contribution in [0.4, 0.5) is 17.6 Å². The molecular formula is C10H9F4O3. The van der Waals surface area contributed by atoms with E-state index in [2.05, 4.69) is 16.4 Å². The molecule has 0 aliphatic rings. The van der Waals surface area contributed by atoms with Crippen molar-refractivity contribution in [2.24, 2.45) is 0 Å². The summed E-state index contributed by atoms with van der Waals surface area (Å²) in [6.45, 7) is -2.86. The van der Waals surface area contributed by atoms with E-state index in [9.17, 15) is 17.6 Å². The highest BCUT2D eigenvalue weighted by molar-refractivity contribution is 5.52. The Morgan fingerprint density at radius 3 is 1.71 bits per heavy atom. The highest BCUT2D eigenvalue weighted by atomic mass is 19.3. The largest absolute Gasteiger partial charge is 0.496 e. The van der Waals surface area contributed by atoms with Gasteiger partial charge in [0, 0.05) is 17.7 Å². The highest BCUT2D eigenvalue weighted by Crippen LogP contribution is 2.34. The molecule has 0 unspecified atom stereocenters. The summed E-state index contributed by atoms with van der Waals surface area (Å²) in [7, 11) is 1.25. The van der Waals surface area contributed by atoms with Crippen LogP contribution in [0, 0.1) is 6.92 Å². The van der Waals surface area contributed by atoms with E-state index in [4.69, 9.17) is 4.74 Å². The molecule has 0 N–H and O–H groups in total. The van der Waals surface area contributed by atoms with E-state index in [1.165, 1.54) is 7.11 Å². The van der Waals surface area contributed by atoms with Gasteiger partial charge in [-0.05, 0) is 6.92 Å². The van der Waals surface area contributed by atoms with Gasteiger partial charge in [-0.1, -0.05) is 0 Å². The van der Waals surface area contributed by atoms with Gasteiger partial charge in [0.25, 0.3) is 0 Å². The summed E-state index contributed by atoms with van der Waals surface area (Å²) in [5.74, 6) is -0.714. The Bertz CT molecular complexity index is 351. The van der Waals surface area contributed by atoms with Crippen LogP contribution in [0.3, 0.4) is 0 Å². The van der Waals surface area contributed by atoms with Crippen LogP contribution in [-0.2, 0) is 0 Å². The molecule has 0 heterocycles. The quantitative estimate of drug-likeness (QED) is 0.755. The van der Waals surface area contributed by atoms with Crippen molar-refractivity contribution in [1.82, 2.24) is 0 Å². The standard InChI is InChI=1S/C10H9F4O3/c1-5-7(16-9(11)12)3-6(15-2)4-8(5)17-10(13)14/h3-4,9-10H,1H2,2H3. The van der Waals surface area contributed by atoms with Gasteiger partial charge in [0.15, 0.2) is 0 Å². The van der Waals surface area contributed by atoms with Crippen molar-refractivity contribution in [2.45, 2.75) is 13.2 Å². The molecule has 0 amide bonds. The summed E-state index contributed by atoms with van der Waals surface area (Å²) < 4.78 is 61.2. The number of hydrogen-bond donors (Lipinski definition) is 0. The molecule has 7 heteroatoms. The number of rotatable bonds is 5. The zero-order valence-corrected chi connectivity index (χ0v) is 8.75. The first kappa shape index (κ1) is 13.4. The first-order chi connectivity index (χ1) is 7.93. The molecule has 17 heavy (non-hydrogen) atoms. The molecule has 0 aromatic heterocycles. The van der Waals surface area contributed by atoms with E-state index < -0.39 is 13.2 Å². The number of methoxy groups -OCH3 is 1. The maximum atomic E-state index is 12.1. The minimum atomic E-state index is -3.10. The molecule has 3 nitrogen and oxygen atoms in total. The summed E-state index contributed by atoms with van der Waals surface area (Å²) in [6, 6.07) is 2.21. The van der Waals surface area contributed by atoms with E-state index in [-0.39, 0.29) is 22.8 Å². The third-order valence-electron chi connectivity index (χ3n) is 1.81. The van der Waals surface area contributed by atoms with Gasteiger partial charge >= 0.3 is 13.2 Å². The van der Waals surface area contributed by atoms with Crippen LogP contribution in [0.25, 0.3) is 0 Å². The van der Waals surface area contributed by atoms with Crippen LogP contribution in [0.2, 0.25) is 0 Å². The number of ether oxygens (including phenoxy) is 3. The molecule has 0 aliphatic heterocycles. The second kappa shape index (κ2) is 5.60. The Labute approximate surface area is 94.9 Å². The maximum Gasteiger partial charge on any atom is 0.387 e. The lowest BCUT2D eigenvalue weighted by Gasteiger charge is -2.14. The fraction of sp³-hybridized carbons (Fsp3) is 0.300. The van der Waals surface area contributed by atoms with Gasteiger partial charge in [-0.15, -0.1) is 0 Å². The van der Waals surface area contributed by atoms with Crippen LogP contribution >= 0.6 is 0 Å². The zero-order valence-electron chi connectivity index (χ0n) is 8.75. The molecule has 0 saturated carbocycles. The molecule has 0 fully saturated rings. The first-order valence-corrected chi connectivity index (χ1v) is 4.37. The summed E-state index contributed by atoms with van der Waals surface area (Å²) >= 11 is 0. The second-order valence-corrected chi connectivity index (χ2v) is 2.86. The lowest BCUT2D eigenvalue weighted by atomic mass is 10.2. The Morgan fingerprint density at radius 1 is 1.00 bits per heavy atom. The molecule has 1 radical (unpaired) electrons. The van der Waals surface area contributed by atoms with Crippen LogP contribution in [-0.4, -0.2) is 20.3 Å². The Hall–Kier alpha value is -1.66. The van der Waals surface area contributed by atoms with E-state index in [0.29, 0.717) is 0 Å². The van der Waals surface area contributed by atoms with Crippen molar-refractivity contribution < 1.29 is 31.8 Å². The molecule has 0 spiro atoms. The summed E-state index contributed by atoms with van der Waals surface area (Å²) in [6.07, 6.45) is 0. The van der Waals surface area contributed by atoms with Gasteiger partial charge in [-0.3, -0.25) is 0 Å². The monoisotopic (exact) mass is 253 g/mol. The van der Waals surface area contributed by atoms with Gasteiger partial charge in [0.05, 0.1) is 7.11 Å². The van der Waals surface area contributed by atoms with Crippen LogP contribution in [0.1, 0.15) is 5.56 Å². The maximum absolute atomic E-state index is 12.1. The van der Waals surface area contributed by atoms with Crippen molar-refractivity contribution in [2.75, 3.05) is 7.11 Å². The molecule has 0 atom stereocenters. The Balaban J connectivity index is 3.11. The van der Waals surface area contributed by atoms with Gasteiger partial charge in [0.2, 0.25) is 0 Å². The van der Waals surface area contributed by atoms with Crippen molar-refractivity contribution in [1.29, 1.82) is 0 Å². The van der Waals surface area contributed by atoms with Gasteiger partial charge < -0.3 is 14.2 Å². The van der Waals surface area contributed by atoms with Crippen LogP contribution in [0.15, 0.2) is 12.1 Å². The molecule has 0 aliphatic carbocycles. The smallest absolute Gasteiger partial charge is 0.387 e. The third kappa shape index (κ3) is 3.69. The lowest BCUT2D eigenvalue weighted by Crippen LogP contribution is -2.07. The van der Waals surface area contributed by atoms with Gasteiger partial charge in [-0.2, -0.15) is 17.6 Å². The number of hydrogen-bond acceptors (Lipinski definition) is 3. The Kier molecular flexibility index (Phi) is 4.42. The van der Waals surface area contributed by atoms with Crippen LogP contribution in [0.5, 0.6) is 17.2 Å². The minimum absolute atomic E-state index is 0.0451. The number of benzene rings is 1. The predicted octanol–water partition coefficient (Wildman–Crippen LogP) is 3.08. The average molecular weight is 253 g/mol. The van der Waals surface area contributed by atoms with Crippen molar-refractivity contribution in [3.8, 4) is 17.2 Å². The molecule has 1 aromatic rings. The fourth-order valence-electron chi connectivity index (χ4n) is 1.12. The number of halogens is 4. The predicted molar refractivity (Wildman–Crippen MR) is 50.7 cm³/mol. The van der Waals surface area contributed by atoms with E-state index in [1.54, 1.807) is 0 Å². The summed E-state index contributed by atoms with van der Waals surface area (Å²) in [4.78, 5) is 0. The highest BCUT2D eigenvalue weighted by Gasteiger charge is 2.16. The fourth-order valence-corrected chi connectivity index (χ4v) is 1.12. The minimum Gasteiger partial charge on any atom is -0.496 e. The summed E-state index contributed by atoms with van der Waals surface area (Å²) in [5, 5.41) is 0. The topological polar surface area (TPSA) is 27.7 Å². The van der Waals surface area contributed by atoms with Crippen molar-refractivity contribution in [3.63, 3.8) is 0 Å². The van der Waals surface area contributed by atoms with E-state index in [0.717, 1.165) is 12.1 Å².